The lowest BCUT2D eigenvalue weighted by Crippen LogP contribution is -2.13. The predicted octanol–water partition coefficient (Wildman–Crippen LogP) is -1.31. The molecule has 0 saturated carbocycles. The molecule has 74 valence electrons. The van der Waals surface area contributed by atoms with Crippen molar-refractivity contribution >= 4 is 0 Å². The summed E-state index contributed by atoms with van der Waals surface area (Å²) in [7, 11) is 0. The Kier molecular flexibility index (Phi) is 10.5. The highest BCUT2D eigenvalue weighted by molar-refractivity contribution is 4.28. The zero-order valence-corrected chi connectivity index (χ0v) is 6.43. The van der Waals surface area contributed by atoms with E-state index < -0.39 is 0 Å². The molecule has 0 fully saturated rings. The van der Waals surface area contributed by atoms with Crippen LogP contribution in [0.2, 0.25) is 0 Å². The van der Waals surface area contributed by atoms with Crippen molar-refractivity contribution in [2.75, 3.05) is 33.2 Å². The first-order valence-corrected chi connectivity index (χ1v) is 3.25. The van der Waals surface area contributed by atoms with Gasteiger partial charge in [-0.05, 0) is 0 Å². The van der Waals surface area contributed by atoms with Gasteiger partial charge in [-0.2, -0.15) is 0 Å². The Bertz CT molecular complexity index is 68.2. The van der Waals surface area contributed by atoms with E-state index in [4.69, 9.17) is 9.99 Å². The van der Waals surface area contributed by atoms with Gasteiger partial charge in [0.25, 0.3) is 0 Å². The van der Waals surface area contributed by atoms with E-state index in [9.17, 15) is 5.26 Å². The van der Waals surface area contributed by atoms with Crippen LogP contribution in [0, 0.1) is 0 Å². The van der Waals surface area contributed by atoms with E-state index in [0.717, 1.165) is 0 Å². The van der Waals surface area contributed by atoms with Crippen LogP contribution in [-0.4, -0.2) is 38.5 Å². The summed E-state index contributed by atoms with van der Waals surface area (Å²) in [5, 5.41) is 20.1. The molecule has 0 unspecified atom stereocenters. The second kappa shape index (κ2) is 10.7. The maximum atomic E-state index is 9.26. The second-order valence-electron chi connectivity index (χ2n) is 1.66. The average Bonchev–Trinajstić information content (AvgIpc) is 2.10. The fraction of sp³-hybridized carbons (Fsp3) is 1.00. The van der Waals surface area contributed by atoms with Gasteiger partial charge in [0.15, 0.2) is 6.79 Å². The van der Waals surface area contributed by atoms with Crippen molar-refractivity contribution in [3.63, 3.8) is 0 Å². The Morgan fingerprint density at radius 1 is 1.00 bits per heavy atom. The molecule has 0 heterocycles. The molecule has 0 aromatic heterocycles. The summed E-state index contributed by atoms with van der Waals surface area (Å²) >= 11 is 0. The third-order valence-electron chi connectivity index (χ3n) is 0.867. The van der Waals surface area contributed by atoms with Crippen LogP contribution in [-0.2, 0) is 24.3 Å². The van der Waals surface area contributed by atoms with Gasteiger partial charge in [0.05, 0.1) is 19.8 Å². The molecule has 7 nitrogen and oxygen atoms in total. The van der Waals surface area contributed by atoms with Crippen molar-refractivity contribution in [2.24, 2.45) is 0 Å². The summed E-state index contributed by atoms with van der Waals surface area (Å²) in [6.45, 7) is 0.736. The fourth-order valence-corrected chi connectivity index (χ4v) is 0.443. The summed E-state index contributed by atoms with van der Waals surface area (Å²) in [6.07, 6.45) is 0. The molecule has 1 N–H and O–H groups in total. The molecule has 0 radical (unpaired) electrons. The van der Waals surface area contributed by atoms with Crippen LogP contribution in [0.5, 0.6) is 0 Å². The fourth-order valence-electron chi connectivity index (χ4n) is 0.443. The molecule has 0 aromatic carbocycles. The van der Waals surface area contributed by atoms with E-state index in [1.54, 1.807) is 0 Å². The largest absolute Gasteiger partial charge is 0.692 e. The minimum Gasteiger partial charge on any atom is -0.692 e. The number of hydrogen-bond donors (Lipinski definition) is 1. The molecule has 0 bridgehead atoms. The summed E-state index contributed by atoms with van der Waals surface area (Å²) in [6, 6.07) is 0. The van der Waals surface area contributed by atoms with Crippen LogP contribution in [0.15, 0.2) is 0 Å². The lowest BCUT2D eigenvalue weighted by molar-refractivity contribution is -0.800. The molecule has 0 amide bonds. The smallest absolute Gasteiger partial charge is 0.180 e. The van der Waals surface area contributed by atoms with Gasteiger partial charge in [0.2, 0.25) is 0 Å². The molecule has 0 spiro atoms. The van der Waals surface area contributed by atoms with Gasteiger partial charge in [-0.25, -0.2) is 15.0 Å². The number of rotatable bonds is 9. The molecule has 12 heavy (non-hydrogen) atoms. The molecule has 0 rings (SSSR count). The second-order valence-corrected chi connectivity index (χ2v) is 1.66. The Hall–Kier alpha value is -0.280. The first-order chi connectivity index (χ1) is 5.91. The molecule has 0 atom stereocenters. The van der Waals surface area contributed by atoms with Gasteiger partial charge in [-0.3, -0.25) is 5.04 Å². The Balaban J connectivity index is 2.73. The maximum absolute atomic E-state index is 9.26. The zero-order chi connectivity index (χ0) is 9.07. The summed E-state index contributed by atoms with van der Waals surface area (Å²) < 4.78 is 9.53. The molecular formula is C5H11O7-. The lowest BCUT2D eigenvalue weighted by Gasteiger charge is -2.06. The monoisotopic (exact) mass is 183 g/mol. The SMILES string of the molecule is [O-]OOCCOCCOCOO. The Labute approximate surface area is 69.1 Å². The quantitative estimate of drug-likeness (QED) is 0.205. The highest BCUT2D eigenvalue weighted by Gasteiger charge is 1.89. The topological polar surface area (TPSA) is 89.4 Å². The first kappa shape index (κ1) is 11.7. The van der Waals surface area contributed by atoms with Gasteiger partial charge >= 0.3 is 0 Å². The summed E-state index contributed by atoms with van der Waals surface area (Å²) in [4.78, 5) is 7.60. The highest BCUT2D eigenvalue weighted by atomic mass is 17.5. The van der Waals surface area contributed by atoms with E-state index in [2.05, 4.69) is 19.6 Å². The van der Waals surface area contributed by atoms with Crippen molar-refractivity contribution in [3.8, 4) is 0 Å². The minimum absolute atomic E-state index is 0.0694. The zero-order valence-electron chi connectivity index (χ0n) is 6.43. The van der Waals surface area contributed by atoms with E-state index in [0.29, 0.717) is 13.2 Å². The van der Waals surface area contributed by atoms with Gasteiger partial charge in [0, 0.05) is 0 Å². The highest BCUT2D eigenvalue weighted by Crippen LogP contribution is 1.79. The normalized spacial score (nSPS) is 10.5. The van der Waals surface area contributed by atoms with Gasteiger partial charge in [-0.1, -0.05) is 0 Å². The van der Waals surface area contributed by atoms with E-state index in [1.165, 1.54) is 0 Å². The lowest BCUT2D eigenvalue weighted by atomic mass is 10.7. The molecule has 0 saturated heterocycles. The van der Waals surface area contributed by atoms with Crippen LogP contribution in [0.3, 0.4) is 0 Å². The standard InChI is InChI=1S/C5H12O7/c6-10-5-9-2-1-8-3-4-11-12-7/h6-7H,1-5H2/p-1. The van der Waals surface area contributed by atoms with Crippen molar-refractivity contribution in [1.82, 2.24) is 0 Å². The molecule has 0 aromatic rings. The minimum atomic E-state index is -0.191. The third kappa shape index (κ3) is 9.72. The number of ether oxygens (including phenoxy) is 2. The average molecular weight is 183 g/mol. The van der Waals surface area contributed by atoms with Gasteiger partial charge < -0.3 is 14.7 Å². The van der Waals surface area contributed by atoms with Crippen LogP contribution in [0.4, 0.5) is 0 Å². The van der Waals surface area contributed by atoms with Crippen molar-refractivity contribution in [3.05, 3.63) is 0 Å². The molecular weight excluding hydrogens is 172 g/mol. The molecule has 0 aliphatic heterocycles. The number of hydrogen-bond acceptors (Lipinski definition) is 7. The van der Waals surface area contributed by atoms with E-state index >= 15 is 0 Å². The van der Waals surface area contributed by atoms with Crippen molar-refractivity contribution in [1.29, 1.82) is 0 Å². The predicted molar refractivity (Wildman–Crippen MR) is 32.4 cm³/mol. The summed E-state index contributed by atoms with van der Waals surface area (Å²) in [5.74, 6) is 0. The van der Waals surface area contributed by atoms with Crippen LogP contribution >= 0.6 is 0 Å². The Morgan fingerprint density at radius 3 is 2.33 bits per heavy atom. The van der Waals surface area contributed by atoms with E-state index in [1.807, 2.05) is 0 Å². The molecule has 7 heteroatoms. The van der Waals surface area contributed by atoms with Crippen molar-refractivity contribution < 1.29 is 34.8 Å². The summed E-state index contributed by atoms with van der Waals surface area (Å²) in [5.41, 5.74) is 0. The van der Waals surface area contributed by atoms with Crippen LogP contribution in [0.1, 0.15) is 0 Å². The van der Waals surface area contributed by atoms with Gasteiger partial charge in [-0.15, -0.1) is 0 Å². The first-order valence-electron chi connectivity index (χ1n) is 3.25. The third-order valence-corrected chi connectivity index (χ3v) is 0.867. The van der Waals surface area contributed by atoms with Crippen molar-refractivity contribution in [2.45, 2.75) is 0 Å². The van der Waals surface area contributed by atoms with Crippen LogP contribution in [0.25, 0.3) is 0 Å². The molecule has 0 aliphatic carbocycles. The Morgan fingerprint density at radius 2 is 1.67 bits per heavy atom. The van der Waals surface area contributed by atoms with E-state index in [-0.39, 0.29) is 20.0 Å². The van der Waals surface area contributed by atoms with Crippen LogP contribution < -0.4 is 5.26 Å². The maximum Gasteiger partial charge on any atom is 0.180 e. The molecule has 0 aliphatic rings. The van der Waals surface area contributed by atoms with Gasteiger partial charge in [0.1, 0.15) is 6.61 Å².